The second-order valence-electron chi connectivity index (χ2n) is 16.1. The van der Waals surface area contributed by atoms with Gasteiger partial charge in [0.2, 0.25) is 0 Å². The summed E-state index contributed by atoms with van der Waals surface area (Å²) < 4.78 is 2.26. The van der Waals surface area contributed by atoms with Crippen LogP contribution < -0.4 is 4.90 Å². The molecule has 0 N–H and O–H groups in total. The van der Waals surface area contributed by atoms with E-state index in [1.807, 2.05) is 42.6 Å². The molecule has 0 amide bonds. The van der Waals surface area contributed by atoms with Gasteiger partial charge in [-0.1, -0.05) is 149 Å². The molecule has 0 aliphatic carbocycles. The summed E-state index contributed by atoms with van der Waals surface area (Å²) in [4.78, 5) is 8.97. The maximum atomic E-state index is 5.13. The van der Waals surface area contributed by atoms with Crippen LogP contribution in [0.15, 0.2) is 152 Å². The van der Waals surface area contributed by atoms with Gasteiger partial charge in [0.15, 0.2) is 0 Å². The number of para-hydroxylation sites is 2. The molecule has 1 aliphatic rings. The Bertz CT molecular complexity index is 2880. The summed E-state index contributed by atoms with van der Waals surface area (Å²) in [6.07, 6.45) is 1.92. The van der Waals surface area contributed by atoms with Crippen LogP contribution >= 0.6 is 0 Å². The summed E-state index contributed by atoms with van der Waals surface area (Å²) in [5.74, 6) is 0.875. The minimum Gasteiger partial charge on any atom is -0.358 e. The predicted octanol–water partition coefficient (Wildman–Crippen LogP) is 12.1. The molecule has 0 fully saturated rings. The Kier molecular flexibility index (Phi) is 8.86. The monoisotopic (exact) mass is 919 g/mol. The van der Waals surface area contributed by atoms with Crippen molar-refractivity contribution in [2.24, 2.45) is 0 Å². The third kappa shape index (κ3) is 6.02. The molecule has 10 rings (SSSR count). The SMILES string of the molecule is CC(C)(C)c1ccnc(-n2c3[c-]c(N4c5[c-]c(-n6nc(-c7ccccc7)c(-c7ccccc7)n6)ccc5C(C)(C)c5ccccc54)ccc3c3ccccc32)c1.[Pt+2]. The molecule has 0 atom stereocenters. The summed E-state index contributed by atoms with van der Waals surface area (Å²) in [5, 5.41) is 12.5. The van der Waals surface area contributed by atoms with Gasteiger partial charge in [0.1, 0.15) is 17.2 Å². The van der Waals surface area contributed by atoms with E-state index in [0.717, 1.165) is 78.5 Å². The molecule has 0 radical (unpaired) electrons. The minimum absolute atomic E-state index is 0. The van der Waals surface area contributed by atoms with Crippen LogP contribution in [0.2, 0.25) is 0 Å². The Labute approximate surface area is 347 Å². The van der Waals surface area contributed by atoms with E-state index >= 15 is 0 Å². The predicted molar refractivity (Wildman–Crippen MR) is 228 cm³/mol. The van der Waals surface area contributed by atoms with Crippen molar-refractivity contribution in [2.45, 2.75) is 45.4 Å². The molecule has 0 spiro atoms. The second-order valence-corrected chi connectivity index (χ2v) is 16.1. The molecule has 0 saturated heterocycles. The van der Waals surface area contributed by atoms with Crippen LogP contribution in [-0.2, 0) is 31.9 Å². The van der Waals surface area contributed by atoms with Gasteiger partial charge in [0.25, 0.3) is 0 Å². The van der Waals surface area contributed by atoms with Crippen LogP contribution in [0.3, 0.4) is 0 Å². The van der Waals surface area contributed by atoms with Gasteiger partial charge in [-0.15, -0.1) is 45.4 Å². The second kappa shape index (κ2) is 13.8. The molecule has 0 bridgehead atoms. The van der Waals surface area contributed by atoms with Crippen molar-refractivity contribution in [3.63, 3.8) is 0 Å². The fourth-order valence-corrected chi connectivity index (χ4v) is 8.23. The summed E-state index contributed by atoms with van der Waals surface area (Å²) >= 11 is 0. The Morgan fingerprint density at radius 3 is 1.93 bits per heavy atom. The zero-order chi connectivity index (χ0) is 38.2. The first-order chi connectivity index (χ1) is 27.2. The van der Waals surface area contributed by atoms with Crippen molar-refractivity contribution in [3.8, 4) is 34.0 Å². The molecule has 7 heteroatoms. The van der Waals surface area contributed by atoms with E-state index in [4.69, 9.17) is 15.2 Å². The van der Waals surface area contributed by atoms with Gasteiger partial charge >= 0.3 is 21.1 Å². The number of nitrogens with zero attached hydrogens (tertiary/aromatic N) is 6. The molecule has 6 nitrogen and oxygen atoms in total. The number of rotatable bonds is 5. The molecule has 6 aromatic carbocycles. The van der Waals surface area contributed by atoms with Crippen molar-refractivity contribution in [1.82, 2.24) is 24.5 Å². The molecule has 1 aliphatic heterocycles. The van der Waals surface area contributed by atoms with E-state index in [1.165, 1.54) is 11.1 Å². The normalized spacial score (nSPS) is 13.3. The Morgan fingerprint density at radius 2 is 1.23 bits per heavy atom. The summed E-state index contributed by atoms with van der Waals surface area (Å²) in [6.45, 7) is 11.3. The largest absolute Gasteiger partial charge is 2.00 e. The third-order valence-corrected chi connectivity index (χ3v) is 11.2. The quantitative estimate of drug-likeness (QED) is 0.161. The van der Waals surface area contributed by atoms with Crippen molar-refractivity contribution in [1.29, 1.82) is 0 Å². The van der Waals surface area contributed by atoms with Crippen LogP contribution in [0, 0.1) is 12.1 Å². The zero-order valence-electron chi connectivity index (χ0n) is 32.4. The Balaban J connectivity index is 0.00000422. The Hall–Kier alpha value is -6.10. The van der Waals surface area contributed by atoms with E-state index < -0.39 is 0 Å². The molecule has 57 heavy (non-hydrogen) atoms. The maximum Gasteiger partial charge on any atom is 2.00 e. The first-order valence-corrected chi connectivity index (χ1v) is 19.1. The van der Waals surface area contributed by atoms with Crippen LogP contribution in [0.5, 0.6) is 0 Å². The molecular formula is C50H40N6Pt. The van der Waals surface area contributed by atoms with E-state index in [0.29, 0.717) is 0 Å². The van der Waals surface area contributed by atoms with Crippen LogP contribution in [-0.4, -0.2) is 24.5 Å². The number of hydrogen-bond donors (Lipinski definition) is 0. The molecule has 3 aromatic heterocycles. The van der Waals surface area contributed by atoms with Crippen molar-refractivity contribution >= 4 is 38.9 Å². The van der Waals surface area contributed by atoms with Gasteiger partial charge in [0.05, 0.1) is 0 Å². The molecule has 4 heterocycles. The van der Waals surface area contributed by atoms with E-state index in [1.54, 1.807) is 4.80 Å². The summed E-state index contributed by atoms with van der Waals surface area (Å²) in [6, 6.07) is 58.6. The molecule has 9 aromatic rings. The third-order valence-electron chi connectivity index (χ3n) is 11.2. The molecular weight excluding hydrogens is 880 g/mol. The van der Waals surface area contributed by atoms with Crippen molar-refractivity contribution in [2.75, 3.05) is 4.90 Å². The van der Waals surface area contributed by atoms with Gasteiger partial charge in [-0.05, 0) is 57.3 Å². The number of hydrogen-bond acceptors (Lipinski definition) is 4. The van der Waals surface area contributed by atoms with Gasteiger partial charge in [0, 0.05) is 28.5 Å². The van der Waals surface area contributed by atoms with Crippen LogP contribution in [0.1, 0.15) is 51.3 Å². The minimum atomic E-state index is -0.296. The first-order valence-electron chi connectivity index (χ1n) is 19.1. The van der Waals surface area contributed by atoms with Gasteiger partial charge in [-0.3, -0.25) is 0 Å². The first kappa shape index (κ1) is 36.5. The van der Waals surface area contributed by atoms with Crippen LogP contribution in [0.4, 0.5) is 17.1 Å². The van der Waals surface area contributed by atoms with Crippen molar-refractivity contribution in [3.05, 3.63) is 181 Å². The topological polar surface area (TPSA) is 51.8 Å². The standard InChI is InChI=1S/C50H40N6.Pt/c1-49(2,3)35-28-29-51-46(30-35)55-42-22-14-12-20-38(42)39-26-24-36(31-44(39)55)54-43-23-15-13-21-40(43)50(4,5)41-27-25-37(32-45(41)54)56-52-47(33-16-8-6-9-17-33)48(53-56)34-18-10-7-11-19-34;/h6-30H,1-5H3;/q-2;+2. The number of aromatic nitrogens is 5. The van der Waals surface area contributed by atoms with Crippen molar-refractivity contribution < 1.29 is 21.1 Å². The number of fused-ring (bicyclic) bond motifs is 5. The zero-order valence-corrected chi connectivity index (χ0v) is 34.7. The summed E-state index contributed by atoms with van der Waals surface area (Å²) in [5.41, 5.74) is 12.7. The molecule has 0 saturated carbocycles. The number of pyridine rings is 1. The smallest absolute Gasteiger partial charge is 0.358 e. The number of benzene rings is 6. The average Bonchev–Trinajstić information content (AvgIpc) is 3.82. The molecule has 280 valence electrons. The van der Waals surface area contributed by atoms with E-state index in [2.05, 4.69) is 165 Å². The molecule has 0 unspecified atom stereocenters. The Morgan fingerprint density at radius 1 is 0.596 bits per heavy atom. The summed E-state index contributed by atoms with van der Waals surface area (Å²) in [7, 11) is 0. The fraction of sp³-hybridized carbons (Fsp3) is 0.140. The van der Waals surface area contributed by atoms with Gasteiger partial charge in [-0.2, -0.15) is 16.9 Å². The maximum absolute atomic E-state index is 5.13. The number of anilines is 3. The van der Waals surface area contributed by atoms with Gasteiger partial charge in [-0.25, -0.2) is 4.98 Å². The van der Waals surface area contributed by atoms with E-state index in [-0.39, 0.29) is 31.9 Å². The van der Waals surface area contributed by atoms with Gasteiger partial charge < -0.3 is 9.47 Å². The average molecular weight is 920 g/mol. The fourth-order valence-electron chi connectivity index (χ4n) is 8.23. The van der Waals surface area contributed by atoms with Crippen LogP contribution in [0.25, 0.3) is 55.8 Å². The van der Waals surface area contributed by atoms with E-state index in [9.17, 15) is 0 Å².